The molecule has 12 nitrogen and oxygen atoms in total. The van der Waals surface area contributed by atoms with Crippen molar-refractivity contribution in [1.29, 1.82) is 0 Å². The van der Waals surface area contributed by atoms with Crippen LogP contribution >= 0.6 is 0 Å². The zero-order valence-electron chi connectivity index (χ0n) is 27.7. The van der Waals surface area contributed by atoms with E-state index in [2.05, 4.69) is 0 Å². The van der Waals surface area contributed by atoms with Crippen LogP contribution in [-0.4, -0.2) is 49.0 Å². The van der Waals surface area contributed by atoms with Gasteiger partial charge in [0.15, 0.2) is 11.6 Å². The number of para-hydroxylation sites is 2. The van der Waals surface area contributed by atoms with E-state index in [-0.39, 0.29) is 69.9 Å². The minimum absolute atomic E-state index is 0.0453. The lowest BCUT2D eigenvalue weighted by atomic mass is 9.97. The van der Waals surface area contributed by atoms with Crippen LogP contribution in [0.1, 0.15) is 80.3 Å². The fourth-order valence-corrected chi connectivity index (χ4v) is 4.37. The molecule has 50 heavy (non-hydrogen) atoms. The molecule has 0 aliphatic heterocycles. The third kappa shape index (κ3) is 9.63. The summed E-state index contributed by atoms with van der Waals surface area (Å²) in [7, 11) is 0. The minimum Gasteiger partial charge on any atom is -0.434 e. The van der Waals surface area contributed by atoms with Gasteiger partial charge in [0, 0.05) is 11.1 Å². The number of rotatable bonds is 12. The normalized spacial score (nSPS) is 10.6. The second-order valence-electron chi connectivity index (χ2n) is 11.6. The van der Waals surface area contributed by atoms with Crippen LogP contribution in [0.15, 0.2) is 97.1 Å². The molecule has 4 aromatic rings. The third-order valence-electron chi connectivity index (χ3n) is 6.70. The molecule has 0 bridgehead atoms. The van der Waals surface area contributed by atoms with E-state index in [0.29, 0.717) is 0 Å². The minimum atomic E-state index is -1.19. The van der Waals surface area contributed by atoms with Crippen LogP contribution in [0.25, 0.3) is 0 Å². The van der Waals surface area contributed by atoms with Crippen LogP contribution < -0.4 is 9.47 Å². The summed E-state index contributed by atoms with van der Waals surface area (Å²) in [6.07, 6.45) is -2.00. The molecular formula is C38H34O12. The van der Waals surface area contributed by atoms with E-state index in [4.69, 9.17) is 28.7 Å². The van der Waals surface area contributed by atoms with E-state index < -0.39 is 35.8 Å². The van der Waals surface area contributed by atoms with Gasteiger partial charge in [0.2, 0.25) is 0 Å². The van der Waals surface area contributed by atoms with E-state index in [1.807, 2.05) is 27.7 Å². The molecule has 0 amide bonds. The van der Waals surface area contributed by atoms with Crippen molar-refractivity contribution in [2.24, 2.45) is 11.8 Å². The van der Waals surface area contributed by atoms with Gasteiger partial charge >= 0.3 is 24.2 Å². The van der Waals surface area contributed by atoms with Crippen molar-refractivity contribution in [1.82, 2.24) is 0 Å². The average molecular weight is 683 g/mol. The Morgan fingerprint density at radius 2 is 0.740 bits per heavy atom. The second kappa shape index (κ2) is 17.2. The van der Waals surface area contributed by atoms with E-state index in [0.717, 1.165) is 0 Å². The molecule has 0 aliphatic rings. The van der Waals surface area contributed by atoms with Crippen molar-refractivity contribution >= 4 is 35.8 Å². The number of ketones is 2. The molecule has 4 rings (SSSR count). The molecule has 0 saturated carbocycles. The molecule has 0 fully saturated rings. The van der Waals surface area contributed by atoms with Gasteiger partial charge in [0.05, 0.1) is 35.5 Å². The van der Waals surface area contributed by atoms with Gasteiger partial charge < -0.3 is 18.9 Å². The lowest BCUT2D eigenvalue weighted by molar-refractivity contribution is -0.187. The van der Waals surface area contributed by atoms with Crippen LogP contribution in [-0.2, 0) is 19.2 Å². The maximum atomic E-state index is 13.6. The highest BCUT2D eigenvalue weighted by Gasteiger charge is 2.27. The Morgan fingerprint density at radius 1 is 0.440 bits per heavy atom. The zero-order valence-corrected chi connectivity index (χ0v) is 27.7. The summed E-state index contributed by atoms with van der Waals surface area (Å²) in [4.78, 5) is 87.5. The molecule has 0 aromatic heterocycles. The van der Waals surface area contributed by atoms with E-state index in [1.54, 1.807) is 24.3 Å². The van der Waals surface area contributed by atoms with Gasteiger partial charge in [-0.05, 0) is 48.2 Å². The van der Waals surface area contributed by atoms with Gasteiger partial charge in [-0.2, -0.15) is 0 Å². The largest absolute Gasteiger partial charge is 0.513 e. The monoisotopic (exact) mass is 682 g/mol. The van der Waals surface area contributed by atoms with Crippen molar-refractivity contribution in [3.63, 3.8) is 0 Å². The fourth-order valence-electron chi connectivity index (χ4n) is 4.37. The summed E-state index contributed by atoms with van der Waals surface area (Å²) in [6, 6.07) is 23.0. The highest BCUT2D eigenvalue weighted by Crippen LogP contribution is 2.26. The summed E-state index contributed by atoms with van der Waals surface area (Å²) >= 11 is 0. The molecule has 12 heteroatoms. The first-order valence-electron chi connectivity index (χ1n) is 15.5. The number of carbonyl (C=O) groups is 6. The van der Waals surface area contributed by atoms with Crippen molar-refractivity contribution in [2.45, 2.75) is 27.7 Å². The number of benzene rings is 4. The Kier molecular flexibility index (Phi) is 12.6. The standard InChI is InChI=1S/C38H34O12/c1-23(2)21-45-37(43)47-31-19-11-9-17-29(31)33(39)25-13-5-7-15-27(25)35(41)49-50-36(42)28-16-8-6-14-26(28)34(40)30-18-10-12-20-32(30)48-38(44)46-22-24(3)4/h5-20,23-24H,21-22H2,1-4H3. The van der Waals surface area contributed by atoms with Crippen LogP contribution in [0.4, 0.5) is 9.59 Å². The van der Waals surface area contributed by atoms with Gasteiger partial charge in [-0.25, -0.2) is 29.0 Å². The number of ether oxygens (including phenoxy) is 4. The van der Waals surface area contributed by atoms with Crippen molar-refractivity contribution in [2.75, 3.05) is 13.2 Å². The van der Waals surface area contributed by atoms with E-state index in [1.165, 1.54) is 72.8 Å². The van der Waals surface area contributed by atoms with Crippen LogP contribution in [0.5, 0.6) is 11.5 Å². The molecule has 0 atom stereocenters. The number of hydrogen-bond acceptors (Lipinski definition) is 12. The molecule has 0 spiro atoms. The number of carbonyl (C=O) groups excluding carboxylic acids is 6. The highest BCUT2D eigenvalue weighted by molar-refractivity contribution is 6.17. The van der Waals surface area contributed by atoms with Gasteiger partial charge in [-0.15, -0.1) is 0 Å². The van der Waals surface area contributed by atoms with Gasteiger partial charge in [0.1, 0.15) is 11.5 Å². The summed E-state index contributed by atoms with van der Waals surface area (Å²) in [6.45, 7) is 7.62. The first kappa shape index (κ1) is 36.5. The van der Waals surface area contributed by atoms with Gasteiger partial charge in [0.25, 0.3) is 0 Å². The Hall–Kier alpha value is -6.30. The Morgan fingerprint density at radius 3 is 1.08 bits per heavy atom. The fraction of sp³-hybridized carbons (Fsp3) is 0.211. The van der Waals surface area contributed by atoms with E-state index in [9.17, 15) is 28.8 Å². The summed E-state index contributed by atoms with van der Waals surface area (Å²) < 4.78 is 20.6. The lowest BCUT2D eigenvalue weighted by Gasteiger charge is -2.13. The quantitative estimate of drug-likeness (QED) is 0.0479. The molecule has 4 aromatic carbocycles. The maximum absolute atomic E-state index is 13.6. The maximum Gasteiger partial charge on any atom is 0.513 e. The Balaban J connectivity index is 1.50. The first-order chi connectivity index (χ1) is 24.0. The van der Waals surface area contributed by atoms with Crippen LogP contribution in [0.2, 0.25) is 0 Å². The molecule has 0 unspecified atom stereocenters. The third-order valence-corrected chi connectivity index (χ3v) is 6.70. The van der Waals surface area contributed by atoms with Gasteiger partial charge in [-0.3, -0.25) is 9.59 Å². The first-order valence-corrected chi connectivity index (χ1v) is 15.5. The zero-order chi connectivity index (χ0) is 36.2. The molecule has 0 N–H and O–H groups in total. The van der Waals surface area contributed by atoms with Crippen LogP contribution in [0, 0.1) is 11.8 Å². The summed E-state index contributed by atoms with van der Waals surface area (Å²) in [5.41, 5.74) is -0.893. The predicted molar refractivity (Wildman–Crippen MR) is 177 cm³/mol. The van der Waals surface area contributed by atoms with E-state index >= 15 is 0 Å². The Labute approximate surface area is 287 Å². The molecule has 0 saturated heterocycles. The van der Waals surface area contributed by atoms with Crippen molar-refractivity contribution in [3.05, 3.63) is 130 Å². The topological polar surface area (TPSA) is 158 Å². The van der Waals surface area contributed by atoms with Crippen molar-refractivity contribution in [3.8, 4) is 11.5 Å². The van der Waals surface area contributed by atoms with Crippen molar-refractivity contribution < 1.29 is 57.5 Å². The smallest absolute Gasteiger partial charge is 0.434 e. The average Bonchev–Trinajstić information content (AvgIpc) is 3.12. The van der Waals surface area contributed by atoms with Gasteiger partial charge in [-0.1, -0.05) is 88.4 Å². The molecular weight excluding hydrogens is 648 g/mol. The highest BCUT2D eigenvalue weighted by atomic mass is 17.2. The molecule has 0 radical (unpaired) electrons. The molecule has 0 aliphatic carbocycles. The summed E-state index contributed by atoms with van der Waals surface area (Å²) in [5, 5.41) is 0. The predicted octanol–water partition coefficient (Wildman–Crippen LogP) is 7.42. The molecule has 258 valence electrons. The Bertz CT molecular complexity index is 1760. The SMILES string of the molecule is CC(C)COC(=O)Oc1ccccc1C(=O)c1ccccc1C(=O)OOC(=O)c1ccccc1C(=O)c1ccccc1OC(=O)OCC(C)C. The molecule has 0 heterocycles. The lowest BCUT2D eigenvalue weighted by Crippen LogP contribution is -2.19. The second-order valence-corrected chi connectivity index (χ2v) is 11.6. The summed E-state index contributed by atoms with van der Waals surface area (Å²) in [5.74, 6) is -3.85. The van der Waals surface area contributed by atoms with Crippen LogP contribution in [0.3, 0.4) is 0 Å². The number of hydrogen-bond donors (Lipinski definition) is 0.